The zero-order valence-electron chi connectivity index (χ0n) is 10.8. The van der Waals surface area contributed by atoms with Gasteiger partial charge in [-0.05, 0) is 25.0 Å². The lowest BCUT2D eigenvalue weighted by molar-refractivity contribution is 0.191. The van der Waals surface area contributed by atoms with Crippen LogP contribution in [0.15, 0.2) is 18.2 Å². The first-order valence-corrected chi connectivity index (χ1v) is 6.48. The average molecular weight is 261 g/mol. The Morgan fingerprint density at radius 1 is 1.42 bits per heavy atom. The number of aliphatic hydroxyl groups excluding tert-OH is 1. The van der Waals surface area contributed by atoms with E-state index in [9.17, 15) is 9.50 Å². The van der Waals surface area contributed by atoms with E-state index in [2.05, 4.69) is 10.2 Å². The Bertz CT molecular complexity index is 609. The molecular weight excluding hydrogens is 245 g/mol. The van der Waals surface area contributed by atoms with Crippen LogP contribution in [0.2, 0.25) is 0 Å². The number of fused-ring (bicyclic) bond motifs is 1. The molecule has 4 nitrogen and oxygen atoms in total. The monoisotopic (exact) mass is 261 g/mol. The summed E-state index contributed by atoms with van der Waals surface area (Å²) in [6.07, 6.45) is 1.74. The second kappa shape index (κ2) is 4.74. The van der Waals surface area contributed by atoms with Crippen LogP contribution >= 0.6 is 0 Å². The maximum atomic E-state index is 13.6. The molecule has 1 atom stereocenters. The van der Waals surface area contributed by atoms with E-state index in [0.717, 1.165) is 24.2 Å². The molecule has 1 aromatic carbocycles. The summed E-state index contributed by atoms with van der Waals surface area (Å²) in [4.78, 5) is 0. The highest BCUT2D eigenvalue weighted by molar-refractivity contribution is 5.56. The Balaban J connectivity index is 2.02. The second-order valence-electron chi connectivity index (χ2n) is 5.10. The Kier molecular flexibility index (Phi) is 3.06. The van der Waals surface area contributed by atoms with Crippen molar-refractivity contribution in [2.45, 2.75) is 26.3 Å². The Morgan fingerprint density at radius 2 is 2.26 bits per heavy atom. The SMILES string of the molecule is Cc1ccc(-c2nnc3n2CC(CO)CC3)cc1F. The summed E-state index contributed by atoms with van der Waals surface area (Å²) in [6, 6.07) is 5.10. The van der Waals surface area contributed by atoms with Crippen molar-refractivity contribution in [3.8, 4) is 11.4 Å². The van der Waals surface area contributed by atoms with Gasteiger partial charge in [0.2, 0.25) is 0 Å². The third kappa shape index (κ3) is 2.14. The van der Waals surface area contributed by atoms with E-state index in [1.807, 2.05) is 10.6 Å². The average Bonchev–Trinajstić information content (AvgIpc) is 2.84. The topological polar surface area (TPSA) is 50.9 Å². The third-order valence-electron chi connectivity index (χ3n) is 3.73. The van der Waals surface area contributed by atoms with Crippen molar-refractivity contribution in [2.75, 3.05) is 6.61 Å². The summed E-state index contributed by atoms with van der Waals surface area (Å²) < 4.78 is 15.6. The summed E-state index contributed by atoms with van der Waals surface area (Å²) in [5.41, 5.74) is 1.36. The fraction of sp³-hybridized carbons (Fsp3) is 0.429. The number of aliphatic hydroxyl groups is 1. The van der Waals surface area contributed by atoms with Gasteiger partial charge in [0.15, 0.2) is 5.82 Å². The predicted octanol–water partition coefficient (Wildman–Crippen LogP) is 1.95. The zero-order valence-corrected chi connectivity index (χ0v) is 10.8. The molecule has 5 heteroatoms. The summed E-state index contributed by atoms with van der Waals surface area (Å²) in [5, 5.41) is 17.6. The summed E-state index contributed by atoms with van der Waals surface area (Å²) in [6.45, 7) is 2.60. The molecule has 0 fully saturated rings. The Hall–Kier alpha value is -1.75. The maximum absolute atomic E-state index is 13.6. The number of rotatable bonds is 2. The van der Waals surface area contributed by atoms with Gasteiger partial charge in [-0.15, -0.1) is 10.2 Å². The van der Waals surface area contributed by atoms with Gasteiger partial charge in [-0.2, -0.15) is 0 Å². The minimum absolute atomic E-state index is 0.166. The van der Waals surface area contributed by atoms with Crippen molar-refractivity contribution in [2.24, 2.45) is 5.92 Å². The molecule has 2 aromatic rings. The van der Waals surface area contributed by atoms with Crippen LogP contribution in [0.3, 0.4) is 0 Å². The zero-order chi connectivity index (χ0) is 13.4. The van der Waals surface area contributed by atoms with Crippen LogP contribution in [0, 0.1) is 18.7 Å². The Morgan fingerprint density at radius 3 is 3.00 bits per heavy atom. The fourth-order valence-electron chi connectivity index (χ4n) is 2.49. The maximum Gasteiger partial charge on any atom is 0.164 e. The molecule has 1 aliphatic heterocycles. The third-order valence-corrected chi connectivity index (χ3v) is 3.73. The number of nitrogens with zero attached hydrogens (tertiary/aromatic N) is 3. The van der Waals surface area contributed by atoms with E-state index in [-0.39, 0.29) is 18.3 Å². The largest absolute Gasteiger partial charge is 0.396 e. The highest BCUT2D eigenvalue weighted by atomic mass is 19.1. The lowest BCUT2D eigenvalue weighted by Gasteiger charge is -2.22. The minimum Gasteiger partial charge on any atom is -0.396 e. The van der Waals surface area contributed by atoms with Crippen LogP contribution in [0.4, 0.5) is 4.39 Å². The molecule has 0 saturated carbocycles. The predicted molar refractivity (Wildman–Crippen MR) is 69.0 cm³/mol. The van der Waals surface area contributed by atoms with Crippen molar-refractivity contribution in [3.05, 3.63) is 35.4 Å². The van der Waals surface area contributed by atoms with E-state index in [0.29, 0.717) is 17.9 Å². The van der Waals surface area contributed by atoms with Gasteiger partial charge in [-0.3, -0.25) is 0 Å². The first-order chi connectivity index (χ1) is 9.19. The second-order valence-corrected chi connectivity index (χ2v) is 5.10. The fourth-order valence-corrected chi connectivity index (χ4v) is 2.49. The van der Waals surface area contributed by atoms with Gasteiger partial charge in [-0.1, -0.05) is 12.1 Å². The van der Waals surface area contributed by atoms with Crippen molar-refractivity contribution in [1.29, 1.82) is 0 Å². The number of hydrogen-bond acceptors (Lipinski definition) is 3. The molecule has 0 amide bonds. The molecule has 19 heavy (non-hydrogen) atoms. The van der Waals surface area contributed by atoms with Gasteiger partial charge in [-0.25, -0.2) is 4.39 Å². The van der Waals surface area contributed by atoms with Crippen molar-refractivity contribution < 1.29 is 9.50 Å². The first-order valence-electron chi connectivity index (χ1n) is 6.48. The summed E-state index contributed by atoms with van der Waals surface area (Å²) in [7, 11) is 0. The van der Waals surface area contributed by atoms with Crippen LogP contribution in [-0.4, -0.2) is 26.5 Å². The van der Waals surface area contributed by atoms with Crippen LogP contribution in [0.25, 0.3) is 11.4 Å². The van der Waals surface area contributed by atoms with Crippen LogP contribution in [-0.2, 0) is 13.0 Å². The molecule has 100 valence electrons. The van der Waals surface area contributed by atoms with Crippen LogP contribution in [0.5, 0.6) is 0 Å². The van der Waals surface area contributed by atoms with Gasteiger partial charge in [0, 0.05) is 31.1 Å². The van der Waals surface area contributed by atoms with Crippen molar-refractivity contribution in [1.82, 2.24) is 14.8 Å². The lowest BCUT2D eigenvalue weighted by atomic mass is 10.00. The molecule has 3 rings (SSSR count). The standard InChI is InChI=1S/C14H16FN3O/c1-9-2-4-11(6-12(9)15)14-17-16-13-5-3-10(8-19)7-18(13)14/h2,4,6,10,19H,3,5,7-8H2,1H3. The number of halogens is 1. The number of aromatic nitrogens is 3. The Labute approximate surface area is 110 Å². The van der Waals surface area contributed by atoms with Gasteiger partial charge < -0.3 is 9.67 Å². The molecule has 0 saturated heterocycles. The van der Waals surface area contributed by atoms with E-state index < -0.39 is 0 Å². The lowest BCUT2D eigenvalue weighted by Crippen LogP contribution is -2.23. The molecule has 1 N–H and O–H groups in total. The smallest absolute Gasteiger partial charge is 0.164 e. The molecule has 0 aliphatic carbocycles. The highest BCUT2D eigenvalue weighted by Crippen LogP contribution is 2.26. The van der Waals surface area contributed by atoms with E-state index in [1.165, 1.54) is 6.07 Å². The van der Waals surface area contributed by atoms with Crippen molar-refractivity contribution in [3.63, 3.8) is 0 Å². The molecular formula is C14H16FN3O. The van der Waals surface area contributed by atoms with Crippen molar-refractivity contribution >= 4 is 0 Å². The van der Waals surface area contributed by atoms with Gasteiger partial charge in [0.05, 0.1) is 0 Å². The van der Waals surface area contributed by atoms with Gasteiger partial charge in [0.25, 0.3) is 0 Å². The van der Waals surface area contributed by atoms with E-state index >= 15 is 0 Å². The normalized spacial score (nSPS) is 18.4. The minimum atomic E-state index is -0.232. The number of benzene rings is 1. The number of hydrogen-bond donors (Lipinski definition) is 1. The van der Waals surface area contributed by atoms with Gasteiger partial charge >= 0.3 is 0 Å². The molecule has 1 aliphatic rings. The molecule has 1 aromatic heterocycles. The highest BCUT2D eigenvalue weighted by Gasteiger charge is 2.23. The molecule has 2 heterocycles. The molecule has 0 bridgehead atoms. The summed E-state index contributed by atoms with van der Waals surface area (Å²) >= 11 is 0. The quantitative estimate of drug-likeness (QED) is 0.899. The summed E-state index contributed by atoms with van der Waals surface area (Å²) in [5.74, 6) is 1.61. The van der Waals surface area contributed by atoms with Crippen LogP contribution < -0.4 is 0 Å². The van der Waals surface area contributed by atoms with E-state index in [1.54, 1.807) is 13.0 Å². The van der Waals surface area contributed by atoms with E-state index in [4.69, 9.17) is 0 Å². The van der Waals surface area contributed by atoms with Gasteiger partial charge in [0.1, 0.15) is 11.6 Å². The van der Waals surface area contributed by atoms with Crippen LogP contribution in [0.1, 0.15) is 17.8 Å². The molecule has 1 unspecified atom stereocenters. The molecule has 0 radical (unpaired) electrons. The first kappa shape index (κ1) is 12.3. The molecule has 0 spiro atoms. The number of aryl methyl sites for hydroxylation is 2.